The van der Waals surface area contributed by atoms with Crippen LogP contribution in [0.2, 0.25) is 0 Å². The number of fused-ring (bicyclic) bond motifs is 15. The molecule has 0 saturated carbocycles. The fourth-order valence-corrected chi connectivity index (χ4v) is 7.87. The Morgan fingerprint density at radius 2 is 1.84 bits per heavy atom. The van der Waals surface area contributed by atoms with E-state index in [1.165, 1.54) is 0 Å². The number of rotatable bonds is 4. The van der Waals surface area contributed by atoms with Crippen LogP contribution in [0.3, 0.4) is 0 Å². The van der Waals surface area contributed by atoms with E-state index in [4.69, 9.17) is 24.8 Å². The molecule has 9 nitrogen and oxygen atoms in total. The van der Waals surface area contributed by atoms with Crippen molar-refractivity contribution in [3.8, 4) is 0 Å². The Kier molecular flexibility index (Phi) is 12.9. The van der Waals surface area contributed by atoms with Gasteiger partial charge in [0.1, 0.15) is 5.78 Å². The lowest BCUT2D eigenvalue weighted by Gasteiger charge is -2.47. The first-order valence-corrected chi connectivity index (χ1v) is 16.7. The van der Waals surface area contributed by atoms with Crippen molar-refractivity contribution in [1.29, 1.82) is 0 Å². The van der Waals surface area contributed by atoms with Gasteiger partial charge in [0.15, 0.2) is 6.29 Å². The maximum absolute atomic E-state index is 14.1. The van der Waals surface area contributed by atoms with E-state index in [1.807, 2.05) is 32.7 Å². The van der Waals surface area contributed by atoms with Gasteiger partial charge in [0.05, 0.1) is 42.7 Å². The first-order chi connectivity index (χ1) is 20.0. The molecule has 4 heterocycles. The zero-order valence-corrected chi connectivity index (χ0v) is 28.8. The normalized spacial score (nSPS) is 45.2. The third-order valence-corrected chi connectivity index (χ3v) is 10.7. The van der Waals surface area contributed by atoms with Crippen molar-refractivity contribution >= 4 is 5.78 Å². The molecule has 9 heteroatoms. The first kappa shape index (κ1) is 36.6. The number of hydrazine groups is 1. The molecular formula is C34H63N3O6. The summed E-state index contributed by atoms with van der Waals surface area (Å²) in [5.41, 5.74) is -1.01. The number of ether oxygens (including phenoxy) is 4. The van der Waals surface area contributed by atoms with Crippen LogP contribution < -0.4 is 5.84 Å². The molecule has 0 spiro atoms. The largest absolute Gasteiger partial charge is 0.387 e. The van der Waals surface area contributed by atoms with E-state index in [0.29, 0.717) is 44.9 Å². The zero-order chi connectivity index (χ0) is 32.3. The highest BCUT2D eigenvalue weighted by molar-refractivity contribution is 5.83. The second-order valence-electron chi connectivity index (χ2n) is 14.8. The van der Waals surface area contributed by atoms with E-state index in [1.54, 1.807) is 0 Å². The number of carbonyl (C=O) groups is 1. The van der Waals surface area contributed by atoms with Gasteiger partial charge in [0.25, 0.3) is 0 Å². The third kappa shape index (κ3) is 8.88. The molecule has 12 atom stereocenters. The zero-order valence-electron chi connectivity index (χ0n) is 28.8. The van der Waals surface area contributed by atoms with E-state index in [2.05, 4.69) is 53.3 Å². The van der Waals surface area contributed by atoms with Crippen LogP contribution >= 0.6 is 0 Å². The van der Waals surface area contributed by atoms with E-state index in [9.17, 15) is 9.90 Å². The number of carbonyl (C=O) groups excluding carboxylic acids is 1. The molecule has 4 fully saturated rings. The summed E-state index contributed by atoms with van der Waals surface area (Å²) < 4.78 is 26.5. The molecule has 0 aromatic carbocycles. The van der Waals surface area contributed by atoms with Gasteiger partial charge in [-0.2, -0.15) is 0 Å². The summed E-state index contributed by atoms with van der Waals surface area (Å²) in [6, 6.07) is 0.228. The number of Topliss-reactive ketones (excluding diaryl/α,β-unsaturated/α-hetero) is 1. The van der Waals surface area contributed by atoms with E-state index >= 15 is 0 Å². The van der Waals surface area contributed by atoms with Crippen LogP contribution in [0.25, 0.3) is 0 Å². The Labute approximate surface area is 261 Å². The van der Waals surface area contributed by atoms with Gasteiger partial charge in [-0.1, -0.05) is 39.8 Å². The second-order valence-corrected chi connectivity index (χ2v) is 14.8. The smallest absolute Gasteiger partial charge is 0.159 e. The minimum Gasteiger partial charge on any atom is -0.387 e. The Hall–Kier alpha value is -0.910. The molecule has 0 aromatic heterocycles. The molecule has 250 valence electrons. The molecule has 0 aliphatic carbocycles. The molecule has 0 aromatic rings. The Morgan fingerprint density at radius 1 is 1.16 bits per heavy atom. The molecule has 3 N–H and O–H groups in total. The summed E-state index contributed by atoms with van der Waals surface area (Å²) in [4.78, 5) is 16.4. The van der Waals surface area contributed by atoms with Crippen LogP contribution in [-0.4, -0.2) is 103 Å². The van der Waals surface area contributed by atoms with Crippen molar-refractivity contribution in [1.82, 2.24) is 9.91 Å². The van der Waals surface area contributed by atoms with E-state index < -0.39 is 35.6 Å². The average molecular weight is 610 g/mol. The molecule has 2 bridgehead atoms. The van der Waals surface area contributed by atoms with Crippen LogP contribution in [0, 0.1) is 23.7 Å². The molecule has 4 aliphatic heterocycles. The molecule has 43 heavy (non-hydrogen) atoms. The second kappa shape index (κ2) is 15.1. The maximum atomic E-state index is 14.1. The number of nitrogens with two attached hydrogens (primary N) is 1. The van der Waals surface area contributed by atoms with Crippen molar-refractivity contribution in [3.63, 3.8) is 0 Å². The molecule has 0 amide bonds. The van der Waals surface area contributed by atoms with Gasteiger partial charge in [-0.15, -0.1) is 0 Å². The molecule has 0 unspecified atom stereocenters. The fourth-order valence-electron chi connectivity index (χ4n) is 7.87. The summed E-state index contributed by atoms with van der Waals surface area (Å²) in [6.07, 6.45) is 2.81. The molecular weight excluding hydrogens is 546 g/mol. The molecule has 4 rings (SSSR count). The lowest BCUT2D eigenvalue weighted by Crippen LogP contribution is -2.57. The summed E-state index contributed by atoms with van der Waals surface area (Å²) in [5, 5.41) is 13.9. The van der Waals surface area contributed by atoms with Gasteiger partial charge >= 0.3 is 0 Å². The molecule has 4 saturated heterocycles. The average Bonchev–Trinajstić information content (AvgIpc) is 2.92. The maximum Gasteiger partial charge on any atom is 0.159 e. The van der Waals surface area contributed by atoms with E-state index in [0.717, 1.165) is 18.4 Å². The summed E-state index contributed by atoms with van der Waals surface area (Å²) >= 11 is 0. The number of nitrogens with zero attached hydrogens (tertiary/aromatic N) is 2. The number of ketones is 1. The highest BCUT2D eigenvalue weighted by Crippen LogP contribution is 2.40. The SMILES string of the molecule is C=C1CC[C@@H]2[C@@H](C)CN(N)[C@H](C)C[C@@](C)(OC1)[C@H](O[C@H]1C[C@@H](N(C)C)C[C@@H](C)O1)[C@@H](C)C(=O)[C@@H](C)CO[C@H](CC)[C@@]2(C)O. The Morgan fingerprint density at radius 3 is 2.47 bits per heavy atom. The lowest BCUT2D eigenvalue weighted by atomic mass is 9.72. The third-order valence-electron chi connectivity index (χ3n) is 10.7. The van der Waals surface area contributed by atoms with Crippen LogP contribution in [0.5, 0.6) is 0 Å². The van der Waals surface area contributed by atoms with Crippen molar-refractivity contribution in [2.75, 3.05) is 33.9 Å². The highest BCUT2D eigenvalue weighted by atomic mass is 16.7. The van der Waals surface area contributed by atoms with Crippen molar-refractivity contribution in [2.45, 2.75) is 142 Å². The van der Waals surface area contributed by atoms with Crippen molar-refractivity contribution in [3.05, 3.63) is 12.2 Å². The van der Waals surface area contributed by atoms with Crippen LogP contribution in [0.1, 0.15) is 93.9 Å². The predicted molar refractivity (Wildman–Crippen MR) is 170 cm³/mol. The summed E-state index contributed by atoms with van der Waals surface area (Å²) in [6.45, 7) is 21.7. The predicted octanol–water partition coefficient (Wildman–Crippen LogP) is 4.56. The standard InChI is InChI=1S/C34H63N3O6/c1-12-29-34(9,39)28-14-13-21(2)19-41-33(8,17-24(5)37(35)18-22(28)3)32(26(7)31(38)23(4)20-40-29)43-30-16-27(36(10)11)15-25(6)42-30/h22-30,32,39H,2,12-20,35H2,1,3-11H3/t22-,23-,24+,25+,26-,27-,28+,29+,30-,32+,33+,34-/m0/s1. The quantitative estimate of drug-likeness (QED) is 0.350. The minimum absolute atomic E-state index is 0.0308. The minimum atomic E-state index is -1.11. The van der Waals surface area contributed by atoms with Gasteiger partial charge < -0.3 is 29.0 Å². The van der Waals surface area contributed by atoms with Crippen LogP contribution in [-0.2, 0) is 23.7 Å². The van der Waals surface area contributed by atoms with Gasteiger partial charge in [0, 0.05) is 36.9 Å². The number of hydrogen-bond acceptors (Lipinski definition) is 9. The van der Waals surface area contributed by atoms with Crippen LogP contribution in [0.15, 0.2) is 12.2 Å². The van der Waals surface area contributed by atoms with Gasteiger partial charge in [-0.3, -0.25) is 10.6 Å². The number of aliphatic hydroxyl groups is 1. The lowest BCUT2D eigenvalue weighted by molar-refractivity contribution is -0.265. The highest BCUT2D eigenvalue weighted by Gasteiger charge is 2.49. The Balaban J connectivity index is 2.11. The van der Waals surface area contributed by atoms with Crippen LogP contribution in [0.4, 0.5) is 0 Å². The van der Waals surface area contributed by atoms with Gasteiger partial charge in [-0.05, 0) is 85.7 Å². The first-order valence-electron chi connectivity index (χ1n) is 16.7. The Bertz CT molecular complexity index is 930. The fraction of sp³-hybridized carbons (Fsp3) is 0.912. The van der Waals surface area contributed by atoms with Gasteiger partial charge in [-0.25, -0.2) is 5.01 Å². The topological polar surface area (TPSA) is 107 Å². The molecule has 4 aliphatic rings. The van der Waals surface area contributed by atoms with Crippen molar-refractivity contribution in [2.24, 2.45) is 29.5 Å². The number of hydrogen-bond donors (Lipinski definition) is 2. The molecule has 0 radical (unpaired) electrons. The summed E-state index contributed by atoms with van der Waals surface area (Å²) in [7, 11) is 4.18. The van der Waals surface area contributed by atoms with E-state index in [-0.39, 0.29) is 42.3 Å². The summed E-state index contributed by atoms with van der Waals surface area (Å²) in [5.74, 6) is 5.94. The van der Waals surface area contributed by atoms with Gasteiger partial charge in [0.2, 0.25) is 0 Å². The van der Waals surface area contributed by atoms with Crippen molar-refractivity contribution < 1.29 is 28.8 Å². The monoisotopic (exact) mass is 609 g/mol.